The van der Waals surface area contributed by atoms with Gasteiger partial charge in [0, 0.05) is 11.1 Å². The smallest absolute Gasteiger partial charge is 0.377 e. The minimum absolute atomic E-state index is 0.0593. The Kier molecular flexibility index (Phi) is 3.38. The number of ether oxygens (including phenoxy) is 1. The number of hydrogen-bond acceptors (Lipinski definition) is 3. The maximum atomic E-state index is 12.5. The number of alkyl halides is 1. The number of benzene rings is 1. The van der Waals surface area contributed by atoms with Gasteiger partial charge in [-0.05, 0) is 18.2 Å². The van der Waals surface area contributed by atoms with Crippen LogP contribution in [0.25, 0.3) is 0 Å². The van der Waals surface area contributed by atoms with Crippen molar-refractivity contribution in [3.8, 4) is 5.75 Å². The summed E-state index contributed by atoms with van der Waals surface area (Å²) < 4.78 is 17.3. The van der Waals surface area contributed by atoms with Crippen LogP contribution in [0.1, 0.15) is 15.9 Å². The van der Waals surface area contributed by atoms with Crippen LogP contribution < -0.4 is 4.74 Å². The summed E-state index contributed by atoms with van der Waals surface area (Å²) in [7, 11) is 1.37. The Hall–Kier alpha value is -1.91. The van der Waals surface area contributed by atoms with Crippen LogP contribution >= 0.6 is 0 Å². The zero-order valence-corrected chi connectivity index (χ0v) is 7.99. The van der Waals surface area contributed by atoms with Gasteiger partial charge >= 0.3 is 5.97 Å². The highest BCUT2D eigenvalue weighted by atomic mass is 19.1. The third-order valence-electron chi connectivity index (χ3n) is 1.88. The Morgan fingerprint density at radius 3 is 2.60 bits per heavy atom. The fourth-order valence-corrected chi connectivity index (χ4v) is 1.15. The molecular weight excluding hydrogens is 203 g/mol. The summed E-state index contributed by atoms with van der Waals surface area (Å²) in [6, 6.07) is 3.83. The van der Waals surface area contributed by atoms with E-state index in [-0.39, 0.29) is 11.1 Å². The Bertz CT molecular complexity index is 400. The van der Waals surface area contributed by atoms with E-state index in [4.69, 9.17) is 9.84 Å². The Balaban J connectivity index is 3.13. The van der Waals surface area contributed by atoms with E-state index >= 15 is 0 Å². The molecular formula is C10H9FO4. The molecule has 0 fully saturated rings. The van der Waals surface area contributed by atoms with Crippen molar-refractivity contribution in [1.82, 2.24) is 0 Å². The van der Waals surface area contributed by atoms with Crippen LogP contribution in [0.2, 0.25) is 0 Å². The van der Waals surface area contributed by atoms with Crippen molar-refractivity contribution in [2.75, 3.05) is 7.11 Å². The summed E-state index contributed by atoms with van der Waals surface area (Å²) >= 11 is 0. The lowest BCUT2D eigenvalue weighted by Gasteiger charge is -2.06. The number of carboxylic acid groups (broad SMARTS) is 1. The van der Waals surface area contributed by atoms with Gasteiger partial charge in [0.25, 0.3) is 5.78 Å². The minimum Gasteiger partial charge on any atom is -0.496 e. The van der Waals surface area contributed by atoms with E-state index in [0.717, 1.165) is 0 Å². The average molecular weight is 212 g/mol. The molecule has 5 heteroatoms. The van der Waals surface area contributed by atoms with Gasteiger partial charge < -0.3 is 9.84 Å². The molecule has 4 nitrogen and oxygen atoms in total. The van der Waals surface area contributed by atoms with Crippen molar-refractivity contribution < 1.29 is 23.8 Å². The van der Waals surface area contributed by atoms with Gasteiger partial charge in [-0.15, -0.1) is 0 Å². The molecule has 0 amide bonds. The van der Waals surface area contributed by atoms with Gasteiger partial charge in [-0.1, -0.05) is 0 Å². The first-order chi connectivity index (χ1) is 7.10. The molecule has 0 saturated heterocycles. The van der Waals surface area contributed by atoms with Gasteiger partial charge in [-0.3, -0.25) is 4.79 Å². The molecule has 80 valence electrons. The molecule has 1 aromatic rings. The zero-order valence-electron chi connectivity index (χ0n) is 7.99. The number of carboxylic acids is 1. The van der Waals surface area contributed by atoms with Gasteiger partial charge in [-0.25, -0.2) is 9.18 Å². The van der Waals surface area contributed by atoms with Crippen molar-refractivity contribution >= 4 is 11.8 Å². The van der Waals surface area contributed by atoms with Crippen molar-refractivity contribution in [2.24, 2.45) is 0 Å². The average Bonchev–Trinajstić information content (AvgIpc) is 2.26. The first-order valence-electron chi connectivity index (χ1n) is 4.10. The van der Waals surface area contributed by atoms with E-state index in [9.17, 15) is 14.0 Å². The standard InChI is InChI=1S/C10H9FO4/c1-15-8-3-2-6(4-7(8)5-11)9(12)10(13)14/h2-4H,5H2,1H3,(H,13,14). The maximum Gasteiger partial charge on any atom is 0.377 e. The number of carbonyl (C=O) groups is 2. The fourth-order valence-electron chi connectivity index (χ4n) is 1.15. The number of methoxy groups -OCH3 is 1. The van der Waals surface area contributed by atoms with Crippen molar-refractivity contribution in [2.45, 2.75) is 6.67 Å². The summed E-state index contributed by atoms with van der Waals surface area (Å²) in [5.41, 5.74) is 0.0977. The normalized spacial score (nSPS) is 9.73. The molecule has 0 saturated carbocycles. The predicted molar refractivity (Wildman–Crippen MR) is 49.8 cm³/mol. The van der Waals surface area contributed by atoms with Crippen LogP contribution in [-0.4, -0.2) is 24.0 Å². The Morgan fingerprint density at radius 2 is 2.13 bits per heavy atom. The molecule has 1 aromatic carbocycles. The maximum absolute atomic E-state index is 12.5. The molecule has 15 heavy (non-hydrogen) atoms. The van der Waals surface area contributed by atoms with Gasteiger partial charge in [-0.2, -0.15) is 0 Å². The summed E-state index contributed by atoms with van der Waals surface area (Å²) in [5.74, 6) is -2.34. The first-order valence-corrected chi connectivity index (χ1v) is 4.10. The fraction of sp³-hybridized carbons (Fsp3) is 0.200. The van der Waals surface area contributed by atoms with Gasteiger partial charge in [0.15, 0.2) is 0 Å². The predicted octanol–water partition coefficient (Wildman–Crippen LogP) is 1.43. The van der Waals surface area contributed by atoms with Crippen LogP contribution in [0.5, 0.6) is 5.75 Å². The van der Waals surface area contributed by atoms with Crippen LogP contribution in [0.15, 0.2) is 18.2 Å². The highest BCUT2D eigenvalue weighted by Crippen LogP contribution is 2.21. The molecule has 1 N–H and O–H groups in total. The van der Waals surface area contributed by atoms with Crippen molar-refractivity contribution in [3.63, 3.8) is 0 Å². The quantitative estimate of drug-likeness (QED) is 0.605. The van der Waals surface area contributed by atoms with E-state index in [1.54, 1.807) is 0 Å². The third-order valence-corrected chi connectivity index (χ3v) is 1.88. The van der Waals surface area contributed by atoms with Crippen LogP contribution in [0, 0.1) is 0 Å². The van der Waals surface area contributed by atoms with Gasteiger partial charge in [0.05, 0.1) is 7.11 Å². The van der Waals surface area contributed by atoms with E-state index in [1.165, 1.54) is 25.3 Å². The second-order valence-electron chi connectivity index (χ2n) is 2.79. The number of aliphatic carboxylic acids is 1. The molecule has 0 radical (unpaired) electrons. The lowest BCUT2D eigenvalue weighted by molar-refractivity contribution is -0.131. The number of halogens is 1. The van der Waals surface area contributed by atoms with E-state index in [2.05, 4.69) is 0 Å². The molecule has 0 aliphatic heterocycles. The number of carbonyl (C=O) groups excluding carboxylic acids is 1. The number of Topliss-reactive ketones (excluding diaryl/α,β-unsaturated/α-hetero) is 1. The summed E-state index contributed by atoms with van der Waals surface area (Å²) in [6.45, 7) is -0.816. The van der Waals surface area contributed by atoms with Crippen molar-refractivity contribution in [3.05, 3.63) is 29.3 Å². The molecule has 0 aliphatic carbocycles. The van der Waals surface area contributed by atoms with Crippen LogP contribution in [-0.2, 0) is 11.5 Å². The van der Waals surface area contributed by atoms with E-state index in [1.807, 2.05) is 0 Å². The number of ketones is 1. The second-order valence-corrected chi connectivity index (χ2v) is 2.79. The summed E-state index contributed by atoms with van der Waals surface area (Å²) in [6.07, 6.45) is 0. The van der Waals surface area contributed by atoms with E-state index in [0.29, 0.717) is 5.75 Å². The van der Waals surface area contributed by atoms with Crippen LogP contribution in [0.3, 0.4) is 0 Å². The van der Waals surface area contributed by atoms with Gasteiger partial charge in [0.1, 0.15) is 12.4 Å². The van der Waals surface area contributed by atoms with Gasteiger partial charge in [0.2, 0.25) is 0 Å². The van der Waals surface area contributed by atoms with Crippen molar-refractivity contribution in [1.29, 1.82) is 0 Å². The Morgan fingerprint density at radius 1 is 1.47 bits per heavy atom. The highest BCUT2D eigenvalue weighted by molar-refractivity contribution is 6.39. The minimum atomic E-state index is -1.56. The second kappa shape index (κ2) is 4.54. The molecule has 0 atom stereocenters. The lowest BCUT2D eigenvalue weighted by Crippen LogP contribution is -2.12. The number of hydrogen-bond donors (Lipinski definition) is 1. The van der Waals surface area contributed by atoms with Crippen LogP contribution in [0.4, 0.5) is 4.39 Å². The summed E-state index contributed by atoms with van der Waals surface area (Å²) in [5, 5.41) is 8.45. The molecule has 0 aromatic heterocycles. The zero-order chi connectivity index (χ0) is 11.4. The molecule has 0 unspecified atom stereocenters. The molecule has 0 heterocycles. The molecule has 0 aliphatic rings. The largest absolute Gasteiger partial charge is 0.496 e. The van der Waals surface area contributed by atoms with E-state index < -0.39 is 18.4 Å². The highest BCUT2D eigenvalue weighted by Gasteiger charge is 2.16. The molecule has 0 spiro atoms. The Labute approximate surface area is 85.3 Å². The molecule has 1 rings (SSSR count). The SMILES string of the molecule is COc1ccc(C(=O)C(=O)O)cc1CF. The molecule has 0 bridgehead atoms. The third kappa shape index (κ3) is 2.31. The lowest BCUT2D eigenvalue weighted by atomic mass is 10.1. The monoisotopic (exact) mass is 212 g/mol. The summed E-state index contributed by atoms with van der Waals surface area (Å²) in [4.78, 5) is 21.4. The number of rotatable bonds is 4. The topological polar surface area (TPSA) is 63.6 Å². The first kappa shape index (κ1) is 11.2.